The number of hydrogen-bond acceptors (Lipinski definition) is 2. The van der Waals surface area contributed by atoms with Crippen molar-refractivity contribution < 1.29 is 9.53 Å². The van der Waals surface area contributed by atoms with Gasteiger partial charge in [-0.2, -0.15) is 0 Å². The Hall–Kier alpha value is -0.0900. The summed E-state index contributed by atoms with van der Waals surface area (Å²) in [4.78, 5) is 12.4. The molecule has 1 saturated heterocycles. The normalized spacial score (nSPS) is 40.7. The second-order valence-corrected chi connectivity index (χ2v) is 6.81. The Morgan fingerprint density at radius 1 is 1.44 bits per heavy atom. The molecule has 2 fully saturated rings. The predicted molar refractivity (Wildman–Crippen MR) is 75.9 cm³/mol. The summed E-state index contributed by atoms with van der Waals surface area (Å²) in [6, 6.07) is 0. The first-order valence-electron chi connectivity index (χ1n) is 7.02. The molecular weight excluding hydrogens is 294 g/mol. The van der Waals surface area contributed by atoms with Crippen molar-refractivity contribution in [2.75, 3.05) is 11.9 Å². The highest BCUT2D eigenvalue weighted by molar-refractivity contribution is 9.09. The smallest absolute Gasteiger partial charge is 0.252 e. The van der Waals surface area contributed by atoms with E-state index in [-0.39, 0.29) is 11.4 Å². The Morgan fingerprint density at radius 3 is 2.78 bits per heavy atom. The molecule has 1 saturated carbocycles. The first kappa shape index (κ1) is 14.3. The summed E-state index contributed by atoms with van der Waals surface area (Å²) in [6.45, 7) is 4.90. The second kappa shape index (κ2) is 5.49. The van der Waals surface area contributed by atoms with Crippen LogP contribution in [0.2, 0.25) is 0 Å². The average molecular weight is 318 g/mol. The van der Waals surface area contributed by atoms with Crippen molar-refractivity contribution in [3.05, 3.63) is 0 Å². The fraction of sp³-hybridized carbons (Fsp3) is 0.929. The Labute approximate surface area is 118 Å². The third-order valence-electron chi connectivity index (χ3n) is 4.43. The predicted octanol–water partition coefficient (Wildman–Crippen LogP) is 3.02. The summed E-state index contributed by atoms with van der Waals surface area (Å²) in [7, 11) is 0. The molecule has 1 aliphatic heterocycles. The molecule has 0 aromatic heterocycles. The third-order valence-corrected chi connectivity index (χ3v) is 5.50. The van der Waals surface area contributed by atoms with Gasteiger partial charge in [0, 0.05) is 11.9 Å². The molecule has 1 amide bonds. The summed E-state index contributed by atoms with van der Waals surface area (Å²) in [5, 5.41) is 4.12. The summed E-state index contributed by atoms with van der Waals surface area (Å²) >= 11 is 3.59. The van der Waals surface area contributed by atoms with Crippen LogP contribution in [-0.4, -0.2) is 29.0 Å². The number of rotatable bonds is 3. The van der Waals surface area contributed by atoms with Crippen LogP contribution in [-0.2, 0) is 9.53 Å². The van der Waals surface area contributed by atoms with Crippen LogP contribution in [0.25, 0.3) is 0 Å². The van der Waals surface area contributed by atoms with E-state index in [1.54, 1.807) is 0 Å². The quantitative estimate of drug-likeness (QED) is 0.813. The molecule has 104 valence electrons. The highest BCUT2D eigenvalue weighted by Gasteiger charge is 2.43. The molecule has 4 heteroatoms. The van der Waals surface area contributed by atoms with E-state index < -0.39 is 5.60 Å². The molecule has 1 aliphatic carbocycles. The Balaban J connectivity index is 2.03. The third kappa shape index (κ3) is 2.90. The maximum atomic E-state index is 12.4. The lowest BCUT2D eigenvalue weighted by Crippen LogP contribution is -2.58. The molecule has 2 rings (SSSR count). The zero-order chi connectivity index (χ0) is 13.2. The molecule has 2 aliphatic rings. The molecule has 1 heterocycles. The van der Waals surface area contributed by atoms with Crippen LogP contribution in [0.5, 0.6) is 0 Å². The highest BCUT2D eigenvalue weighted by Crippen LogP contribution is 2.35. The molecule has 0 radical (unpaired) electrons. The molecule has 3 atom stereocenters. The van der Waals surface area contributed by atoms with Gasteiger partial charge in [-0.15, -0.1) is 0 Å². The van der Waals surface area contributed by atoms with Crippen LogP contribution in [0.1, 0.15) is 52.4 Å². The van der Waals surface area contributed by atoms with Crippen molar-refractivity contribution in [3.63, 3.8) is 0 Å². The van der Waals surface area contributed by atoms with Gasteiger partial charge in [0.1, 0.15) is 5.60 Å². The first-order chi connectivity index (χ1) is 8.50. The maximum Gasteiger partial charge on any atom is 0.252 e. The first-order valence-corrected chi connectivity index (χ1v) is 8.14. The van der Waals surface area contributed by atoms with E-state index in [2.05, 4.69) is 28.2 Å². The van der Waals surface area contributed by atoms with Crippen molar-refractivity contribution in [2.24, 2.45) is 5.92 Å². The van der Waals surface area contributed by atoms with Gasteiger partial charge in [0.25, 0.3) is 5.91 Å². The van der Waals surface area contributed by atoms with Gasteiger partial charge >= 0.3 is 0 Å². The van der Waals surface area contributed by atoms with Crippen molar-refractivity contribution >= 4 is 21.8 Å². The molecule has 0 aromatic rings. The van der Waals surface area contributed by atoms with Crippen LogP contribution < -0.4 is 5.32 Å². The van der Waals surface area contributed by atoms with E-state index in [4.69, 9.17) is 4.74 Å². The van der Waals surface area contributed by atoms with Gasteiger partial charge < -0.3 is 10.1 Å². The maximum absolute atomic E-state index is 12.4. The Morgan fingerprint density at radius 2 is 2.22 bits per heavy atom. The highest BCUT2D eigenvalue weighted by atomic mass is 79.9. The average Bonchev–Trinajstić information content (AvgIpc) is 2.77. The fourth-order valence-electron chi connectivity index (χ4n) is 3.26. The lowest BCUT2D eigenvalue weighted by Gasteiger charge is -2.41. The van der Waals surface area contributed by atoms with Crippen molar-refractivity contribution in [3.8, 4) is 0 Å². The summed E-state index contributed by atoms with van der Waals surface area (Å²) in [6.07, 6.45) is 6.45. The van der Waals surface area contributed by atoms with E-state index in [0.717, 1.165) is 31.0 Å². The zero-order valence-electron chi connectivity index (χ0n) is 11.4. The number of amides is 1. The van der Waals surface area contributed by atoms with Crippen LogP contribution >= 0.6 is 15.9 Å². The number of alkyl halides is 1. The molecule has 0 bridgehead atoms. The monoisotopic (exact) mass is 317 g/mol. The molecular formula is C14H24BrNO2. The van der Waals surface area contributed by atoms with Gasteiger partial charge in [0.15, 0.2) is 0 Å². The summed E-state index contributed by atoms with van der Waals surface area (Å²) in [5.41, 5.74) is -0.667. The van der Waals surface area contributed by atoms with Gasteiger partial charge in [0.2, 0.25) is 0 Å². The minimum Gasteiger partial charge on any atom is -0.365 e. The number of ether oxygens (including phenoxy) is 1. The Kier molecular flexibility index (Phi) is 4.37. The van der Waals surface area contributed by atoms with Crippen molar-refractivity contribution in [2.45, 2.75) is 63.5 Å². The molecule has 3 unspecified atom stereocenters. The Bertz CT molecular complexity index is 315. The van der Waals surface area contributed by atoms with Crippen LogP contribution in [0, 0.1) is 5.92 Å². The summed E-state index contributed by atoms with van der Waals surface area (Å²) in [5.74, 6) is 0.766. The number of carbonyl (C=O) groups is 1. The molecule has 0 aromatic carbocycles. The van der Waals surface area contributed by atoms with E-state index in [1.807, 2.05) is 6.92 Å². The minimum absolute atomic E-state index is 0.0658. The van der Waals surface area contributed by atoms with E-state index >= 15 is 0 Å². The zero-order valence-corrected chi connectivity index (χ0v) is 13.0. The molecule has 0 spiro atoms. The lowest BCUT2D eigenvalue weighted by atomic mass is 9.77. The molecule has 18 heavy (non-hydrogen) atoms. The van der Waals surface area contributed by atoms with Crippen molar-refractivity contribution in [1.29, 1.82) is 0 Å². The number of carbonyl (C=O) groups excluding carboxylic acids is 1. The van der Waals surface area contributed by atoms with Gasteiger partial charge in [-0.25, -0.2) is 0 Å². The standard InChI is InChI=1S/C14H24BrNO2/c1-11-5-3-7-14(9-11,10-15)16-12(17)13(2)6-4-8-18-13/h11H,3-10H2,1-2H3,(H,16,17). The second-order valence-electron chi connectivity index (χ2n) is 6.25. The van der Waals surface area contributed by atoms with E-state index in [9.17, 15) is 4.79 Å². The number of halogens is 1. The van der Waals surface area contributed by atoms with Crippen LogP contribution in [0.15, 0.2) is 0 Å². The van der Waals surface area contributed by atoms with E-state index in [1.165, 1.54) is 12.8 Å². The van der Waals surface area contributed by atoms with Crippen LogP contribution in [0.3, 0.4) is 0 Å². The van der Waals surface area contributed by atoms with Crippen molar-refractivity contribution in [1.82, 2.24) is 5.32 Å². The van der Waals surface area contributed by atoms with Gasteiger partial charge in [-0.1, -0.05) is 35.7 Å². The van der Waals surface area contributed by atoms with Gasteiger partial charge in [-0.05, 0) is 38.5 Å². The van der Waals surface area contributed by atoms with E-state index in [0.29, 0.717) is 12.5 Å². The largest absolute Gasteiger partial charge is 0.365 e. The van der Waals surface area contributed by atoms with Gasteiger partial charge in [0.05, 0.1) is 5.54 Å². The SMILES string of the molecule is CC1CCCC(CBr)(NC(=O)C2(C)CCCO2)C1. The summed E-state index contributed by atoms with van der Waals surface area (Å²) < 4.78 is 5.63. The van der Waals surface area contributed by atoms with Gasteiger partial charge in [-0.3, -0.25) is 4.79 Å². The molecule has 1 N–H and O–H groups in total. The number of nitrogens with one attached hydrogen (secondary N) is 1. The minimum atomic E-state index is -0.601. The molecule has 3 nitrogen and oxygen atoms in total. The topological polar surface area (TPSA) is 38.3 Å². The number of hydrogen-bond donors (Lipinski definition) is 1. The van der Waals surface area contributed by atoms with Crippen LogP contribution in [0.4, 0.5) is 0 Å². The fourth-order valence-corrected chi connectivity index (χ4v) is 3.91. The lowest BCUT2D eigenvalue weighted by molar-refractivity contribution is -0.141.